The van der Waals surface area contributed by atoms with Gasteiger partial charge >= 0.3 is 12.3 Å². The van der Waals surface area contributed by atoms with Gasteiger partial charge in [-0.1, -0.05) is 0 Å². The fraction of sp³-hybridized carbons (Fsp3) is 0.929. The SMILES string of the molecule is CC(C)(C)OC(=O)N1CCC(CNCC(O)C(F)(F)F)CC1. The molecule has 1 aliphatic rings. The van der Waals surface area contributed by atoms with Crippen molar-refractivity contribution in [3.05, 3.63) is 0 Å². The monoisotopic (exact) mass is 326 g/mol. The van der Waals surface area contributed by atoms with Crippen LogP contribution in [0.1, 0.15) is 33.6 Å². The maximum Gasteiger partial charge on any atom is 0.415 e. The zero-order valence-corrected chi connectivity index (χ0v) is 13.2. The third kappa shape index (κ3) is 6.83. The van der Waals surface area contributed by atoms with Gasteiger partial charge in [0.1, 0.15) is 5.60 Å². The van der Waals surface area contributed by atoms with Gasteiger partial charge in [-0.05, 0) is 46.1 Å². The van der Waals surface area contributed by atoms with Crippen molar-refractivity contribution in [3.8, 4) is 0 Å². The minimum Gasteiger partial charge on any atom is -0.444 e. The van der Waals surface area contributed by atoms with Crippen LogP contribution in [-0.2, 0) is 4.74 Å². The number of rotatable bonds is 4. The van der Waals surface area contributed by atoms with Crippen molar-refractivity contribution in [1.82, 2.24) is 10.2 Å². The summed E-state index contributed by atoms with van der Waals surface area (Å²) >= 11 is 0. The molecule has 0 saturated carbocycles. The lowest BCUT2D eigenvalue weighted by atomic mass is 9.97. The molecule has 8 heteroatoms. The second-order valence-corrected chi connectivity index (χ2v) is 6.63. The zero-order valence-electron chi connectivity index (χ0n) is 13.2. The number of halogens is 3. The van der Waals surface area contributed by atoms with Crippen molar-refractivity contribution in [2.24, 2.45) is 5.92 Å². The van der Waals surface area contributed by atoms with Crippen LogP contribution in [0, 0.1) is 5.92 Å². The maximum absolute atomic E-state index is 12.1. The maximum atomic E-state index is 12.1. The van der Waals surface area contributed by atoms with Gasteiger partial charge < -0.3 is 20.1 Å². The summed E-state index contributed by atoms with van der Waals surface area (Å²) in [6.07, 6.45) is -5.88. The number of carbonyl (C=O) groups excluding carboxylic acids is 1. The van der Waals surface area contributed by atoms with Crippen molar-refractivity contribution in [3.63, 3.8) is 0 Å². The number of amides is 1. The number of nitrogens with one attached hydrogen (secondary N) is 1. The first-order valence-corrected chi connectivity index (χ1v) is 7.42. The molecular weight excluding hydrogens is 301 g/mol. The number of hydrogen-bond donors (Lipinski definition) is 2. The second kappa shape index (κ2) is 7.50. The lowest BCUT2D eigenvalue weighted by molar-refractivity contribution is -0.201. The normalized spacial score (nSPS) is 19.1. The molecule has 0 radical (unpaired) electrons. The van der Waals surface area contributed by atoms with Crippen LogP contribution in [0.2, 0.25) is 0 Å². The van der Waals surface area contributed by atoms with Crippen molar-refractivity contribution in [1.29, 1.82) is 0 Å². The van der Waals surface area contributed by atoms with E-state index >= 15 is 0 Å². The van der Waals surface area contributed by atoms with Crippen LogP contribution in [0.4, 0.5) is 18.0 Å². The number of alkyl halides is 3. The standard InChI is InChI=1S/C14H25F3N2O3/c1-13(2,3)22-12(21)19-6-4-10(5-7-19)8-18-9-11(20)14(15,16)17/h10-11,18,20H,4-9H2,1-3H3. The molecule has 130 valence electrons. The quantitative estimate of drug-likeness (QED) is 0.831. The summed E-state index contributed by atoms with van der Waals surface area (Å²) in [6, 6.07) is 0. The molecule has 1 amide bonds. The largest absolute Gasteiger partial charge is 0.444 e. The highest BCUT2D eigenvalue weighted by atomic mass is 19.4. The number of carbonyl (C=O) groups is 1. The fourth-order valence-electron chi connectivity index (χ4n) is 2.19. The number of nitrogens with zero attached hydrogens (tertiary/aromatic N) is 1. The van der Waals surface area contributed by atoms with Gasteiger partial charge in [-0.3, -0.25) is 0 Å². The lowest BCUT2D eigenvalue weighted by Crippen LogP contribution is -2.44. The van der Waals surface area contributed by atoms with Gasteiger partial charge in [-0.15, -0.1) is 0 Å². The summed E-state index contributed by atoms with van der Waals surface area (Å²) < 4.78 is 41.7. The van der Waals surface area contributed by atoms with E-state index in [1.165, 1.54) is 0 Å². The highest BCUT2D eigenvalue weighted by Crippen LogP contribution is 2.21. The first-order valence-electron chi connectivity index (χ1n) is 7.42. The van der Waals surface area contributed by atoms with Gasteiger partial charge in [0.15, 0.2) is 6.10 Å². The molecule has 0 aromatic rings. The van der Waals surface area contributed by atoms with Crippen molar-refractivity contribution in [2.75, 3.05) is 26.2 Å². The van der Waals surface area contributed by atoms with Gasteiger partial charge in [-0.2, -0.15) is 13.2 Å². The fourth-order valence-corrected chi connectivity index (χ4v) is 2.19. The molecule has 2 N–H and O–H groups in total. The topological polar surface area (TPSA) is 61.8 Å². The lowest BCUT2D eigenvalue weighted by Gasteiger charge is -2.33. The molecule has 0 spiro atoms. The average molecular weight is 326 g/mol. The van der Waals surface area contributed by atoms with Gasteiger partial charge in [-0.25, -0.2) is 4.79 Å². The molecule has 1 aliphatic heterocycles. The molecule has 0 aromatic carbocycles. The van der Waals surface area contributed by atoms with Crippen LogP contribution in [0.3, 0.4) is 0 Å². The molecule has 1 atom stereocenters. The Morgan fingerprint density at radius 1 is 1.32 bits per heavy atom. The van der Waals surface area contributed by atoms with Crippen LogP contribution >= 0.6 is 0 Å². The summed E-state index contributed by atoms with van der Waals surface area (Å²) in [6.45, 7) is 6.35. The molecule has 0 aliphatic carbocycles. The number of hydrogen-bond acceptors (Lipinski definition) is 4. The molecule has 1 rings (SSSR count). The van der Waals surface area contributed by atoms with Gasteiger partial charge in [0.05, 0.1) is 0 Å². The van der Waals surface area contributed by atoms with E-state index in [1.807, 2.05) is 0 Å². The Kier molecular flexibility index (Phi) is 6.49. The van der Waals surface area contributed by atoms with Crippen LogP contribution in [0.15, 0.2) is 0 Å². The summed E-state index contributed by atoms with van der Waals surface area (Å²) in [5, 5.41) is 11.5. The molecule has 1 unspecified atom stereocenters. The second-order valence-electron chi connectivity index (χ2n) is 6.63. The Morgan fingerprint density at radius 2 is 1.86 bits per heavy atom. The third-order valence-electron chi connectivity index (χ3n) is 3.41. The van der Waals surface area contributed by atoms with E-state index in [1.54, 1.807) is 25.7 Å². The molecule has 1 fully saturated rings. The Bertz CT molecular complexity index is 361. The number of aliphatic hydroxyl groups excluding tert-OH is 1. The van der Waals surface area contributed by atoms with E-state index in [-0.39, 0.29) is 12.0 Å². The van der Waals surface area contributed by atoms with E-state index in [4.69, 9.17) is 9.84 Å². The number of aliphatic hydroxyl groups is 1. The van der Waals surface area contributed by atoms with Gasteiger partial charge in [0.25, 0.3) is 0 Å². The highest BCUT2D eigenvalue weighted by molar-refractivity contribution is 5.68. The molecule has 0 aromatic heterocycles. The molecule has 1 saturated heterocycles. The van der Waals surface area contributed by atoms with Crippen molar-refractivity contribution in [2.45, 2.75) is 51.5 Å². The van der Waals surface area contributed by atoms with Crippen LogP contribution in [0.25, 0.3) is 0 Å². The van der Waals surface area contributed by atoms with Crippen molar-refractivity contribution >= 4 is 6.09 Å². The molecule has 22 heavy (non-hydrogen) atoms. The Hall–Kier alpha value is -1.02. The van der Waals surface area contributed by atoms with Crippen molar-refractivity contribution < 1.29 is 27.8 Å². The van der Waals surface area contributed by atoms with E-state index in [0.29, 0.717) is 32.5 Å². The number of piperidine rings is 1. The van der Waals surface area contributed by atoms with E-state index < -0.39 is 24.4 Å². The Morgan fingerprint density at radius 3 is 2.32 bits per heavy atom. The predicted octanol–water partition coefficient (Wildman–Crippen LogP) is 2.15. The van der Waals surface area contributed by atoms with Gasteiger partial charge in [0, 0.05) is 19.6 Å². The molecule has 0 bridgehead atoms. The summed E-state index contributed by atoms with van der Waals surface area (Å²) in [4.78, 5) is 13.5. The molecule has 1 heterocycles. The number of likely N-dealkylation sites (tertiary alicyclic amines) is 1. The Labute approximate surface area is 128 Å². The van der Waals surface area contributed by atoms with E-state index in [0.717, 1.165) is 0 Å². The summed E-state index contributed by atoms with van der Waals surface area (Å²) in [5.74, 6) is 0.194. The minimum atomic E-state index is -4.59. The summed E-state index contributed by atoms with van der Waals surface area (Å²) in [7, 11) is 0. The number of ether oxygens (including phenoxy) is 1. The first kappa shape index (κ1) is 19.0. The average Bonchev–Trinajstić information content (AvgIpc) is 2.36. The third-order valence-corrected chi connectivity index (χ3v) is 3.41. The minimum absolute atomic E-state index is 0.194. The van der Waals surface area contributed by atoms with Crippen LogP contribution in [-0.4, -0.2) is 60.2 Å². The van der Waals surface area contributed by atoms with Crippen LogP contribution in [0.5, 0.6) is 0 Å². The highest BCUT2D eigenvalue weighted by Gasteiger charge is 2.37. The predicted molar refractivity (Wildman–Crippen MR) is 75.5 cm³/mol. The molecular formula is C14H25F3N2O3. The van der Waals surface area contributed by atoms with E-state index in [2.05, 4.69) is 5.32 Å². The zero-order chi connectivity index (χ0) is 17.0. The summed E-state index contributed by atoms with van der Waals surface area (Å²) in [5.41, 5.74) is -0.538. The Balaban J connectivity index is 2.24. The molecule has 5 nitrogen and oxygen atoms in total. The first-order chi connectivity index (χ1) is 9.99. The van der Waals surface area contributed by atoms with Crippen LogP contribution < -0.4 is 5.32 Å². The van der Waals surface area contributed by atoms with Gasteiger partial charge in [0.2, 0.25) is 0 Å². The smallest absolute Gasteiger partial charge is 0.415 e. The van der Waals surface area contributed by atoms with E-state index in [9.17, 15) is 18.0 Å².